The number of carbonyl (C=O) groups is 1. The highest BCUT2D eigenvalue weighted by Gasteiger charge is 2.53. The van der Waals surface area contributed by atoms with E-state index in [1.807, 2.05) is 0 Å². The second kappa shape index (κ2) is 7.49. The molecule has 5 aliphatic rings. The maximum atomic E-state index is 13.3. The highest BCUT2D eigenvalue weighted by Crippen LogP contribution is 2.61. The highest BCUT2D eigenvalue weighted by molar-refractivity contribution is 7.89. The van der Waals surface area contributed by atoms with Crippen molar-refractivity contribution in [1.29, 1.82) is 0 Å². The Morgan fingerprint density at radius 3 is 2.23 bits per heavy atom. The number of sulfonamides is 1. The van der Waals surface area contributed by atoms with E-state index in [-0.39, 0.29) is 22.3 Å². The molecule has 1 N–H and O–H groups in total. The second-order valence-corrected chi connectivity index (χ2v) is 12.6. The van der Waals surface area contributed by atoms with Gasteiger partial charge >= 0.3 is 0 Å². The van der Waals surface area contributed by atoms with Gasteiger partial charge in [-0.15, -0.1) is 0 Å². The molecule has 1 aromatic rings. The lowest BCUT2D eigenvalue weighted by Gasteiger charge is -2.59. The average molecular weight is 451 g/mol. The first-order valence-corrected chi connectivity index (χ1v) is 13.2. The lowest BCUT2D eigenvalue weighted by atomic mass is 9.48. The molecule has 1 aromatic carbocycles. The van der Waals surface area contributed by atoms with Gasteiger partial charge in [0.1, 0.15) is 6.04 Å². The topological polar surface area (TPSA) is 66.5 Å². The highest BCUT2D eigenvalue weighted by atomic mass is 35.5. The van der Waals surface area contributed by atoms with Crippen molar-refractivity contribution in [1.82, 2.24) is 9.62 Å². The van der Waals surface area contributed by atoms with E-state index in [9.17, 15) is 13.2 Å². The Hall–Kier alpha value is -1.11. The predicted octanol–water partition coefficient (Wildman–Crippen LogP) is 4.21. The molecule has 6 rings (SSSR count). The van der Waals surface area contributed by atoms with E-state index in [0.29, 0.717) is 24.4 Å². The molecule has 7 heteroatoms. The number of hydrogen-bond acceptors (Lipinski definition) is 3. The van der Waals surface area contributed by atoms with Crippen LogP contribution in [0.15, 0.2) is 29.2 Å². The van der Waals surface area contributed by atoms with Crippen LogP contribution in [0, 0.1) is 23.2 Å². The number of amides is 1. The van der Waals surface area contributed by atoms with Crippen LogP contribution in [0.3, 0.4) is 0 Å². The van der Waals surface area contributed by atoms with Crippen LogP contribution in [0.5, 0.6) is 0 Å². The van der Waals surface area contributed by atoms with Crippen LogP contribution in [0.25, 0.3) is 0 Å². The SMILES string of the molecule is CC(NC(=O)C1CCCN1S(=O)(=O)c1ccc(Cl)cc1)C12CC3CC(CC(C3)C1)C2. The van der Waals surface area contributed by atoms with Crippen LogP contribution in [-0.2, 0) is 14.8 Å². The standard InChI is InChI=1S/C23H31ClN2O3S/c1-15(23-12-16-9-17(13-23)11-18(10-16)14-23)25-22(27)21-3-2-8-26(21)30(28,29)20-6-4-19(24)5-7-20/h4-7,15-18,21H,2-3,8-14H2,1H3,(H,25,27). The van der Waals surface area contributed by atoms with Gasteiger partial charge in [-0.3, -0.25) is 4.79 Å². The van der Waals surface area contributed by atoms with Gasteiger partial charge in [0.05, 0.1) is 4.90 Å². The molecule has 1 aliphatic heterocycles. The summed E-state index contributed by atoms with van der Waals surface area (Å²) in [5.74, 6) is 2.34. The largest absolute Gasteiger partial charge is 0.352 e. The molecule has 2 unspecified atom stereocenters. The van der Waals surface area contributed by atoms with Gasteiger partial charge in [-0.1, -0.05) is 11.6 Å². The van der Waals surface area contributed by atoms with Gasteiger partial charge in [-0.25, -0.2) is 8.42 Å². The molecule has 0 aromatic heterocycles. The van der Waals surface area contributed by atoms with Crippen LogP contribution in [0.4, 0.5) is 0 Å². The first-order valence-electron chi connectivity index (χ1n) is 11.3. The molecule has 0 spiro atoms. The van der Waals surface area contributed by atoms with Crippen LogP contribution in [-0.4, -0.2) is 37.3 Å². The minimum Gasteiger partial charge on any atom is -0.352 e. The van der Waals surface area contributed by atoms with Crippen molar-refractivity contribution in [2.75, 3.05) is 6.54 Å². The second-order valence-electron chi connectivity index (χ2n) is 10.2. The molecule has 4 bridgehead atoms. The third kappa shape index (κ3) is 3.49. The summed E-state index contributed by atoms with van der Waals surface area (Å²) in [6.07, 6.45) is 9.05. The van der Waals surface area contributed by atoms with Crippen molar-refractivity contribution in [3.05, 3.63) is 29.3 Å². The third-order valence-corrected chi connectivity index (χ3v) is 10.5. The molecule has 4 aliphatic carbocycles. The predicted molar refractivity (Wildman–Crippen MR) is 117 cm³/mol. The number of nitrogens with zero attached hydrogens (tertiary/aromatic N) is 1. The van der Waals surface area contributed by atoms with E-state index in [4.69, 9.17) is 11.6 Å². The van der Waals surface area contributed by atoms with Gasteiger partial charge in [0.2, 0.25) is 15.9 Å². The molecule has 0 radical (unpaired) electrons. The zero-order valence-corrected chi connectivity index (χ0v) is 19.1. The minimum absolute atomic E-state index is 0.0964. The summed E-state index contributed by atoms with van der Waals surface area (Å²) in [5.41, 5.74) is 0.211. The first kappa shape index (κ1) is 20.8. The van der Waals surface area contributed by atoms with E-state index >= 15 is 0 Å². The van der Waals surface area contributed by atoms with E-state index in [1.54, 1.807) is 12.1 Å². The van der Waals surface area contributed by atoms with E-state index in [0.717, 1.165) is 17.8 Å². The summed E-state index contributed by atoms with van der Waals surface area (Å²) in [5, 5.41) is 3.77. The molecular weight excluding hydrogens is 420 g/mol. The quantitative estimate of drug-likeness (QED) is 0.730. The van der Waals surface area contributed by atoms with Crippen LogP contribution in [0.2, 0.25) is 5.02 Å². The van der Waals surface area contributed by atoms with Crippen molar-refractivity contribution in [3.63, 3.8) is 0 Å². The average Bonchev–Trinajstić information content (AvgIpc) is 3.18. The molecule has 2 atom stereocenters. The Kier molecular flexibility index (Phi) is 5.19. The van der Waals surface area contributed by atoms with Crippen LogP contribution < -0.4 is 5.32 Å². The van der Waals surface area contributed by atoms with E-state index in [2.05, 4.69) is 12.2 Å². The number of halogens is 1. The van der Waals surface area contributed by atoms with Crippen molar-refractivity contribution in [2.24, 2.45) is 23.2 Å². The van der Waals surface area contributed by atoms with Gasteiger partial charge < -0.3 is 5.32 Å². The molecule has 1 heterocycles. The van der Waals surface area contributed by atoms with Crippen molar-refractivity contribution < 1.29 is 13.2 Å². The number of benzene rings is 1. The summed E-state index contributed by atoms with van der Waals surface area (Å²) in [6.45, 7) is 2.53. The van der Waals surface area contributed by atoms with E-state index in [1.165, 1.54) is 55.0 Å². The maximum absolute atomic E-state index is 13.3. The Labute approximate surface area is 184 Å². The summed E-state index contributed by atoms with van der Waals surface area (Å²) >= 11 is 5.91. The molecule has 5 nitrogen and oxygen atoms in total. The summed E-state index contributed by atoms with van der Waals surface area (Å²) < 4.78 is 27.7. The fourth-order valence-corrected chi connectivity index (χ4v) is 8.98. The lowest BCUT2D eigenvalue weighted by Crippen LogP contribution is -2.58. The van der Waals surface area contributed by atoms with Crippen LogP contribution in [0.1, 0.15) is 58.3 Å². The number of nitrogens with one attached hydrogen (secondary N) is 1. The number of hydrogen-bond donors (Lipinski definition) is 1. The van der Waals surface area contributed by atoms with Crippen LogP contribution >= 0.6 is 11.6 Å². The summed E-state index contributed by atoms with van der Waals surface area (Å²) in [4.78, 5) is 13.4. The normalized spacial score (nSPS) is 36.7. The van der Waals surface area contributed by atoms with Gasteiger partial charge in [-0.2, -0.15) is 4.31 Å². The Balaban J connectivity index is 1.31. The number of carbonyl (C=O) groups excluding carboxylic acids is 1. The molecule has 1 saturated heterocycles. The van der Waals surface area contributed by atoms with E-state index < -0.39 is 16.1 Å². The van der Waals surface area contributed by atoms with Gasteiger partial charge in [0.25, 0.3) is 0 Å². The monoisotopic (exact) mass is 450 g/mol. The summed E-state index contributed by atoms with van der Waals surface area (Å²) in [7, 11) is -3.72. The summed E-state index contributed by atoms with van der Waals surface area (Å²) in [6, 6.07) is 5.66. The molecular formula is C23H31ClN2O3S. The maximum Gasteiger partial charge on any atom is 0.243 e. The molecule has 5 fully saturated rings. The Morgan fingerprint density at radius 2 is 1.67 bits per heavy atom. The molecule has 30 heavy (non-hydrogen) atoms. The minimum atomic E-state index is -3.72. The van der Waals surface area contributed by atoms with Crippen molar-refractivity contribution in [3.8, 4) is 0 Å². The number of rotatable bonds is 5. The Bertz CT molecular complexity index is 895. The fraction of sp³-hybridized carbons (Fsp3) is 0.696. The fourth-order valence-electron chi connectivity index (χ4n) is 7.20. The Morgan fingerprint density at radius 1 is 1.10 bits per heavy atom. The first-order chi connectivity index (χ1) is 14.3. The molecule has 4 saturated carbocycles. The molecule has 1 amide bonds. The van der Waals surface area contributed by atoms with Gasteiger partial charge in [-0.05, 0) is 106 Å². The van der Waals surface area contributed by atoms with Gasteiger partial charge in [0.15, 0.2) is 0 Å². The van der Waals surface area contributed by atoms with Crippen molar-refractivity contribution >= 4 is 27.5 Å². The zero-order chi connectivity index (χ0) is 21.1. The smallest absolute Gasteiger partial charge is 0.243 e. The third-order valence-electron chi connectivity index (χ3n) is 8.29. The van der Waals surface area contributed by atoms with Crippen molar-refractivity contribution in [2.45, 2.75) is 75.3 Å². The molecule has 164 valence electrons. The zero-order valence-electron chi connectivity index (χ0n) is 17.5. The lowest BCUT2D eigenvalue weighted by molar-refractivity contribution is -0.128. The van der Waals surface area contributed by atoms with Gasteiger partial charge in [0, 0.05) is 17.6 Å².